The molecule has 14 heteroatoms. The quantitative estimate of drug-likeness (QED) is 0.231. The van der Waals surface area contributed by atoms with E-state index in [-0.39, 0.29) is 36.3 Å². The average Bonchev–Trinajstić information content (AvgIpc) is 3.70. The van der Waals surface area contributed by atoms with Crippen molar-refractivity contribution in [2.45, 2.75) is 89.3 Å². The van der Waals surface area contributed by atoms with Crippen molar-refractivity contribution in [2.24, 2.45) is 0 Å². The summed E-state index contributed by atoms with van der Waals surface area (Å²) in [7, 11) is 0. The van der Waals surface area contributed by atoms with Gasteiger partial charge in [0.15, 0.2) is 17.0 Å². The van der Waals surface area contributed by atoms with Crippen LogP contribution in [0.4, 0.5) is 11.8 Å². The highest BCUT2D eigenvalue weighted by molar-refractivity contribution is 5.94. The van der Waals surface area contributed by atoms with Crippen LogP contribution in [0.25, 0.3) is 11.2 Å². The van der Waals surface area contributed by atoms with Crippen molar-refractivity contribution < 1.29 is 19.8 Å². The molecule has 3 aromatic rings. The number of nitrogens with one attached hydrogen (secondary N) is 3. The maximum absolute atomic E-state index is 12.7. The largest absolute Gasteiger partial charge is 0.388 e. The molecule has 3 aromatic heterocycles. The minimum Gasteiger partial charge on any atom is -0.388 e. The van der Waals surface area contributed by atoms with Gasteiger partial charge in [-0.1, -0.05) is 20.8 Å². The molecule has 4 heterocycles. The lowest BCUT2D eigenvalue weighted by Gasteiger charge is -2.22. The Labute approximate surface area is 250 Å². The van der Waals surface area contributed by atoms with Crippen molar-refractivity contribution in [2.75, 3.05) is 23.3 Å². The van der Waals surface area contributed by atoms with Crippen LogP contribution in [0.5, 0.6) is 0 Å². The monoisotopic (exact) mass is 601 g/mol. The Balaban J connectivity index is 0.00000405. The minimum absolute atomic E-state index is 0. The fraction of sp³-hybridized carbons (Fsp3) is 0.571. The van der Waals surface area contributed by atoms with Gasteiger partial charge in [0, 0.05) is 49.6 Å². The van der Waals surface area contributed by atoms with Crippen molar-refractivity contribution in [1.29, 1.82) is 0 Å². The number of aliphatic hydroxyl groups is 2. The van der Waals surface area contributed by atoms with E-state index in [1.807, 2.05) is 4.90 Å². The van der Waals surface area contributed by atoms with Gasteiger partial charge in [0.05, 0.1) is 18.4 Å². The lowest BCUT2D eigenvalue weighted by atomic mass is 10.2. The summed E-state index contributed by atoms with van der Waals surface area (Å²) in [6, 6.07) is 2.36. The van der Waals surface area contributed by atoms with Gasteiger partial charge in [-0.05, 0) is 37.8 Å². The zero-order valence-electron chi connectivity index (χ0n) is 24.1. The molecular weight excluding hydrogens is 562 g/mol. The smallest absolute Gasteiger partial charge is 0.251 e. The molecule has 0 aromatic carbocycles. The first-order valence-corrected chi connectivity index (χ1v) is 14.4. The van der Waals surface area contributed by atoms with Crippen molar-refractivity contribution in [3.8, 4) is 0 Å². The van der Waals surface area contributed by atoms with Gasteiger partial charge in [-0.25, -0.2) is 4.98 Å². The Morgan fingerprint density at radius 3 is 2.50 bits per heavy atom. The normalized spacial score (nSPS) is 23.7. The number of anilines is 2. The van der Waals surface area contributed by atoms with Gasteiger partial charge < -0.3 is 35.6 Å². The van der Waals surface area contributed by atoms with E-state index in [0.29, 0.717) is 54.4 Å². The highest BCUT2D eigenvalue weighted by Gasteiger charge is 2.44. The maximum Gasteiger partial charge on any atom is 0.251 e. The lowest BCUT2D eigenvalue weighted by molar-refractivity contribution is -0.122. The summed E-state index contributed by atoms with van der Waals surface area (Å²) in [5.74, 6) is 0.768. The molecule has 42 heavy (non-hydrogen) atoms. The molecule has 1 aliphatic heterocycles. The molecule has 13 nitrogen and oxygen atoms in total. The van der Waals surface area contributed by atoms with Crippen LogP contribution >= 0.6 is 12.4 Å². The molecule has 2 fully saturated rings. The number of aliphatic hydroxyl groups excluding tert-OH is 2. The lowest BCUT2D eigenvalue weighted by Crippen LogP contribution is -2.42. The average molecular weight is 602 g/mol. The summed E-state index contributed by atoms with van der Waals surface area (Å²) < 4.78 is 1.78. The Hall–Kier alpha value is -3.55. The summed E-state index contributed by atoms with van der Waals surface area (Å²) in [5.41, 5.74) is 1.67. The Morgan fingerprint density at radius 2 is 1.81 bits per heavy atom. The van der Waals surface area contributed by atoms with E-state index in [2.05, 4.69) is 39.8 Å². The molecule has 2 amide bonds. The number of fused-ring (bicyclic) bond motifs is 1. The third-order valence-corrected chi connectivity index (χ3v) is 8.16. The standard InChI is InChI=1S/C28H39N9O4.ClH/c1-4-17(5-2)31-25-22-26(37(15-30-22)20-13-19(23(39)24(20)40)33-21(38)6-3)35-28(34-25)36-12-9-18(14-36)32-27(41)16-7-10-29-11-8-16;/h7-8,10-11,15,17-20,23-24,39-40H,4-6,9,12-14H2,1-3H3,(H,32,41)(H,33,38)(H,31,34,35);1H/t18-,19+,20-,23-,24+;/m1./s1. The number of aromatic nitrogens is 5. The second-order valence-electron chi connectivity index (χ2n) is 10.8. The van der Waals surface area contributed by atoms with Gasteiger partial charge in [-0.3, -0.25) is 14.6 Å². The molecule has 5 N–H and O–H groups in total. The van der Waals surface area contributed by atoms with Crippen LogP contribution in [0.15, 0.2) is 30.9 Å². The zero-order chi connectivity index (χ0) is 29.1. The fourth-order valence-corrected chi connectivity index (χ4v) is 5.64. The third-order valence-electron chi connectivity index (χ3n) is 8.16. The zero-order valence-corrected chi connectivity index (χ0v) is 24.9. The Morgan fingerprint density at radius 1 is 1.07 bits per heavy atom. The van der Waals surface area contributed by atoms with Crippen molar-refractivity contribution in [1.82, 2.24) is 35.1 Å². The van der Waals surface area contributed by atoms with Crippen molar-refractivity contribution in [3.05, 3.63) is 36.4 Å². The summed E-state index contributed by atoms with van der Waals surface area (Å²) in [6.45, 7) is 7.15. The second kappa shape index (κ2) is 13.6. The molecular formula is C28H40ClN9O4. The molecule has 0 unspecified atom stereocenters. The van der Waals surface area contributed by atoms with Gasteiger partial charge in [-0.15, -0.1) is 12.4 Å². The number of nitrogens with zero attached hydrogens (tertiary/aromatic N) is 6. The first-order valence-electron chi connectivity index (χ1n) is 14.4. The molecule has 0 spiro atoms. The number of rotatable bonds is 10. The van der Waals surface area contributed by atoms with Crippen LogP contribution in [0.1, 0.15) is 69.3 Å². The Bertz CT molecular complexity index is 1370. The maximum atomic E-state index is 12.7. The molecule has 228 valence electrons. The summed E-state index contributed by atoms with van der Waals surface area (Å²) in [6.07, 6.45) is 5.75. The van der Waals surface area contributed by atoms with E-state index in [4.69, 9.17) is 9.97 Å². The highest BCUT2D eigenvalue weighted by Crippen LogP contribution is 2.35. The molecule has 5 rings (SSSR count). The van der Waals surface area contributed by atoms with Gasteiger partial charge in [0.25, 0.3) is 5.91 Å². The molecule has 0 radical (unpaired) electrons. The molecule has 1 saturated carbocycles. The number of carbonyl (C=O) groups excluding carboxylic acids is 2. The van der Waals surface area contributed by atoms with Crippen LogP contribution < -0.4 is 20.9 Å². The Kier molecular flexibility index (Phi) is 10.2. The SMILES string of the molecule is CCC(=O)N[C@H]1C[C@@H](n2cnc3c(NC(CC)CC)nc(N4CC[C@@H](NC(=O)c5ccncc5)C4)nc32)[C@H](O)[C@@H]1O.Cl. The molecule has 1 aliphatic carbocycles. The van der Waals surface area contributed by atoms with Gasteiger partial charge >= 0.3 is 0 Å². The van der Waals surface area contributed by atoms with Crippen molar-refractivity contribution >= 4 is 47.2 Å². The van der Waals surface area contributed by atoms with E-state index >= 15 is 0 Å². The van der Waals surface area contributed by atoms with E-state index in [1.165, 1.54) is 0 Å². The molecule has 2 aliphatic rings. The predicted molar refractivity (Wildman–Crippen MR) is 161 cm³/mol. The van der Waals surface area contributed by atoms with Gasteiger partial charge in [0.2, 0.25) is 11.9 Å². The second-order valence-corrected chi connectivity index (χ2v) is 10.8. The van der Waals surface area contributed by atoms with Crippen LogP contribution in [0.2, 0.25) is 0 Å². The van der Waals surface area contributed by atoms with E-state index in [9.17, 15) is 19.8 Å². The molecule has 0 bridgehead atoms. The molecule has 5 atom stereocenters. The summed E-state index contributed by atoms with van der Waals surface area (Å²) in [4.78, 5) is 45.1. The van der Waals surface area contributed by atoms with Gasteiger partial charge in [0.1, 0.15) is 12.2 Å². The number of amides is 2. The van der Waals surface area contributed by atoms with E-state index in [1.54, 1.807) is 42.3 Å². The van der Waals surface area contributed by atoms with Crippen LogP contribution in [0, 0.1) is 0 Å². The summed E-state index contributed by atoms with van der Waals surface area (Å²) in [5, 5.41) is 31.1. The highest BCUT2D eigenvalue weighted by atomic mass is 35.5. The van der Waals surface area contributed by atoms with Crippen LogP contribution in [0.3, 0.4) is 0 Å². The number of hydrogen-bond acceptors (Lipinski definition) is 10. The van der Waals surface area contributed by atoms with E-state index in [0.717, 1.165) is 19.3 Å². The number of imidazole rings is 1. The minimum atomic E-state index is -1.11. The number of carbonyl (C=O) groups is 2. The number of hydrogen-bond donors (Lipinski definition) is 5. The van der Waals surface area contributed by atoms with Crippen LogP contribution in [-0.2, 0) is 4.79 Å². The number of pyridine rings is 1. The topological polar surface area (TPSA) is 170 Å². The van der Waals surface area contributed by atoms with E-state index < -0.39 is 24.3 Å². The van der Waals surface area contributed by atoms with Crippen molar-refractivity contribution in [3.63, 3.8) is 0 Å². The van der Waals surface area contributed by atoms with Gasteiger partial charge in [-0.2, -0.15) is 9.97 Å². The summed E-state index contributed by atoms with van der Waals surface area (Å²) >= 11 is 0. The predicted octanol–water partition coefficient (Wildman–Crippen LogP) is 1.81. The molecule has 1 saturated heterocycles. The van der Waals surface area contributed by atoms with Crippen LogP contribution in [-0.4, -0.2) is 90.0 Å². The first-order chi connectivity index (χ1) is 19.8. The fourth-order valence-electron chi connectivity index (χ4n) is 5.64. The third kappa shape index (κ3) is 6.42. The number of halogens is 1. The first kappa shape index (κ1) is 31.4.